The highest BCUT2D eigenvalue weighted by Gasteiger charge is 2.45. The zero-order chi connectivity index (χ0) is 35.5. The molecule has 2 fully saturated rings. The van der Waals surface area contributed by atoms with Gasteiger partial charge in [0.25, 0.3) is 0 Å². The number of carbonyl (C=O) groups is 3. The van der Waals surface area contributed by atoms with E-state index in [1.54, 1.807) is 57.2 Å². The standard InChI is InChI=1S/C38H41FN4O7/c1-21-19-41(18-16-40-21)32-30(39)22(2)28-31(35(32)48-5)43(25-11-12-25)23(3)29(34(28)45)36(46)49-20-50-37(47)38(4)15-17-42-26(13-14-27(38)42)33(44)24-9-7-6-8-10-24/h6-10,13-14,21,25,40H,11-12,15-20H2,1-5H3. The van der Waals surface area contributed by atoms with Crippen LogP contribution in [0.1, 0.15) is 82.5 Å². The SMILES string of the molecule is COc1c(N2CCNC(C)C2)c(F)c(C)c2c(=O)c(C(=O)OCOC(=O)C3(C)CCn4c(C(=O)c5ccccc5)ccc43)c(C)n(C3CC3)c12. The molecular weight excluding hydrogens is 643 g/mol. The van der Waals surface area contributed by atoms with Gasteiger partial charge in [-0.3, -0.25) is 14.4 Å². The van der Waals surface area contributed by atoms with Gasteiger partial charge in [0, 0.05) is 60.8 Å². The predicted molar refractivity (Wildman–Crippen MR) is 185 cm³/mol. The third-order valence-electron chi connectivity index (χ3n) is 10.5. The van der Waals surface area contributed by atoms with Gasteiger partial charge in [-0.1, -0.05) is 30.3 Å². The Morgan fingerprint density at radius 1 is 1.04 bits per heavy atom. The van der Waals surface area contributed by atoms with Crippen LogP contribution in [-0.4, -0.2) is 66.4 Å². The highest BCUT2D eigenvalue weighted by molar-refractivity contribution is 6.08. The second kappa shape index (κ2) is 12.7. The molecule has 2 aromatic heterocycles. The zero-order valence-electron chi connectivity index (χ0n) is 28.9. The molecule has 3 aliphatic rings. The van der Waals surface area contributed by atoms with E-state index >= 15 is 4.39 Å². The Labute approximate surface area is 288 Å². The van der Waals surface area contributed by atoms with E-state index in [0.717, 1.165) is 12.8 Å². The second-order valence-electron chi connectivity index (χ2n) is 13.8. The van der Waals surface area contributed by atoms with Crippen LogP contribution in [0.2, 0.25) is 0 Å². The summed E-state index contributed by atoms with van der Waals surface area (Å²) in [7, 11) is 1.47. The number of hydrogen-bond donors (Lipinski definition) is 1. The fourth-order valence-electron chi connectivity index (χ4n) is 7.68. The lowest BCUT2D eigenvalue weighted by Crippen LogP contribution is -2.49. The van der Waals surface area contributed by atoms with E-state index in [1.165, 1.54) is 7.11 Å². The molecule has 1 aliphatic carbocycles. The number of anilines is 1. The number of nitrogens with one attached hydrogen (secondary N) is 1. The second-order valence-corrected chi connectivity index (χ2v) is 13.8. The molecule has 7 rings (SSSR count). The fraction of sp³-hybridized carbons (Fsp3) is 0.421. The molecule has 1 N–H and O–H groups in total. The summed E-state index contributed by atoms with van der Waals surface area (Å²) in [4.78, 5) is 56.3. The largest absolute Gasteiger partial charge is 0.492 e. The first-order valence-corrected chi connectivity index (χ1v) is 17.0. The first kappa shape index (κ1) is 33.5. The van der Waals surface area contributed by atoms with Gasteiger partial charge >= 0.3 is 11.9 Å². The average Bonchev–Trinajstić information content (AvgIpc) is 3.75. The van der Waals surface area contributed by atoms with Crippen molar-refractivity contribution in [2.45, 2.75) is 71.0 Å². The van der Waals surface area contributed by atoms with E-state index < -0.39 is 35.4 Å². The maximum absolute atomic E-state index is 16.3. The van der Waals surface area contributed by atoms with E-state index in [2.05, 4.69) is 5.32 Å². The molecule has 0 amide bonds. The van der Waals surface area contributed by atoms with Crippen LogP contribution < -0.4 is 20.4 Å². The van der Waals surface area contributed by atoms with Crippen LogP contribution in [0.4, 0.5) is 10.1 Å². The number of benzene rings is 2. The molecule has 2 atom stereocenters. The summed E-state index contributed by atoms with van der Waals surface area (Å²) in [5.41, 5.74) is 0.947. The van der Waals surface area contributed by atoms with Gasteiger partial charge in [-0.05, 0) is 59.1 Å². The van der Waals surface area contributed by atoms with Crippen molar-refractivity contribution in [3.05, 3.63) is 92.3 Å². The smallest absolute Gasteiger partial charge is 0.346 e. The van der Waals surface area contributed by atoms with Crippen molar-refractivity contribution in [2.75, 3.05) is 38.4 Å². The summed E-state index contributed by atoms with van der Waals surface area (Å²) in [6.45, 7) is 8.50. The van der Waals surface area contributed by atoms with Crippen LogP contribution in [0.5, 0.6) is 5.75 Å². The molecule has 50 heavy (non-hydrogen) atoms. The molecule has 0 spiro atoms. The summed E-state index contributed by atoms with van der Waals surface area (Å²) >= 11 is 0. The first-order valence-electron chi connectivity index (χ1n) is 17.0. The first-order chi connectivity index (χ1) is 24.0. The Kier molecular flexibility index (Phi) is 8.53. The molecule has 4 heterocycles. The zero-order valence-corrected chi connectivity index (χ0v) is 28.9. The highest BCUT2D eigenvalue weighted by Crippen LogP contribution is 2.46. The minimum atomic E-state index is -1.08. The summed E-state index contributed by atoms with van der Waals surface area (Å²) in [5, 5.41) is 3.43. The number of piperazine rings is 1. The van der Waals surface area contributed by atoms with E-state index in [4.69, 9.17) is 14.2 Å². The Morgan fingerprint density at radius 3 is 2.46 bits per heavy atom. The molecule has 1 saturated heterocycles. The molecule has 2 aromatic carbocycles. The average molecular weight is 685 g/mol. The van der Waals surface area contributed by atoms with Crippen molar-refractivity contribution in [1.82, 2.24) is 14.5 Å². The number of rotatable bonds is 9. The molecule has 1 saturated carbocycles. The van der Waals surface area contributed by atoms with Crippen LogP contribution in [-0.2, 0) is 26.2 Å². The number of aromatic nitrogens is 2. The van der Waals surface area contributed by atoms with Gasteiger partial charge in [0.2, 0.25) is 18.0 Å². The number of halogens is 1. The maximum atomic E-state index is 16.3. The number of ketones is 1. The van der Waals surface area contributed by atoms with Crippen LogP contribution in [0.15, 0.2) is 47.3 Å². The predicted octanol–water partition coefficient (Wildman–Crippen LogP) is 4.95. The number of fused-ring (bicyclic) bond motifs is 2. The summed E-state index contributed by atoms with van der Waals surface area (Å²) in [5.74, 6) is -2.03. The Morgan fingerprint density at radius 2 is 1.78 bits per heavy atom. The molecule has 0 bridgehead atoms. The molecular formula is C38H41FN4O7. The highest BCUT2D eigenvalue weighted by atomic mass is 19.1. The number of carbonyl (C=O) groups excluding carboxylic acids is 3. The van der Waals surface area contributed by atoms with Gasteiger partial charge in [-0.15, -0.1) is 0 Å². The number of hydrogen-bond acceptors (Lipinski definition) is 9. The Hall–Kier alpha value is -4.97. The van der Waals surface area contributed by atoms with Crippen LogP contribution in [0, 0.1) is 19.7 Å². The summed E-state index contributed by atoms with van der Waals surface area (Å²) in [6.07, 6.45) is 2.04. The Bertz CT molecular complexity index is 2100. The van der Waals surface area contributed by atoms with Gasteiger partial charge < -0.3 is 33.6 Å². The molecule has 0 radical (unpaired) electrons. The van der Waals surface area contributed by atoms with Gasteiger partial charge in [0.15, 0.2) is 11.6 Å². The molecule has 11 nitrogen and oxygen atoms in total. The van der Waals surface area contributed by atoms with Crippen molar-refractivity contribution < 1.29 is 33.0 Å². The third kappa shape index (κ3) is 5.37. The van der Waals surface area contributed by atoms with E-state index in [0.29, 0.717) is 66.4 Å². The van der Waals surface area contributed by atoms with Crippen molar-refractivity contribution in [2.24, 2.45) is 0 Å². The lowest BCUT2D eigenvalue weighted by Gasteiger charge is -2.35. The molecule has 2 aliphatic heterocycles. The summed E-state index contributed by atoms with van der Waals surface area (Å²) in [6, 6.07) is 12.5. The van der Waals surface area contributed by atoms with Crippen LogP contribution >= 0.6 is 0 Å². The lowest BCUT2D eigenvalue weighted by molar-refractivity contribution is -0.158. The monoisotopic (exact) mass is 684 g/mol. The van der Waals surface area contributed by atoms with Crippen molar-refractivity contribution in [3.8, 4) is 5.75 Å². The van der Waals surface area contributed by atoms with Crippen molar-refractivity contribution >= 4 is 34.3 Å². The number of methoxy groups -OCH3 is 1. The number of pyridine rings is 1. The third-order valence-corrected chi connectivity index (χ3v) is 10.5. The minimum Gasteiger partial charge on any atom is -0.492 e. The van der Waals surface area contributed by atoms with E-state index in [-0.39, 0.29) is 40.1 Å². The van der Waals surface area contributed by atoms with E-state index in [1.807, 2.05) is 27.0 Å². The van der Waals surface area contributed by atoms with E-state index in [9.17, 15) is 19.2 Å². The summed E-state index contributed by atoms with van der Waals surface area (Å²) < 4.78 is 36.8. The molecule has 262 valence electrons. The van der Waals surface area contributed by atoms with Crippen molar-refractivity contribution in [1.29, 1.82) is 0 Å². The number of esters is 2. The minimum absolute atomic E-state index is 0.00624. The van der Waals surface area contributed by atoms with Gasteiger partial charge in [-0.2, -0.15) is 0 Å². The molecule has 2 unspecified atom stereocenters. The molecule has 4 aromatic rings. The van der Waals surface area contributed by atoms with Crippen LogP contribution in [0.3, 0.4) is 0 Å². The van der Waals surface area contributed by atoms with Crippen LogP contribution in [0.25, 0.3) is 10.9 Å². The number of nitrogens with zero attached hydrogens (tertiary/aromatic N) is 3. The fourth-order valence-corrected chi connectivity index (χ4v) is 7.68. The Balaban J connectivity index is 1.16. The van der Waals surface area contributed by atoms with Gasteiger partial charge in [-0.25, -0.2) is 9.18 Å². The van der Waals surface area contributed by atoms with Gasteiger partial charge in [0.05, 0.1) is 23.7 Å². The lowest BCUT2D eigenvalue weighted by atomic mass is 9.86. The van der Waals surface area contributed by atoms with Crippen molar-refractivity contribution in [3.63, 3.8) is 0 Å². The quantitative estimate of drug-likeness (QED) is 0.148. The van der Waals surface area contributed by atoms with Gasteiger partial charge in [0.1, 0.15) is 16.7 Å². The maximum Gasteiger partial charge on any atom is 0.346 e. The normalized spacial score (nSPS) is 20.1. The topological polar surface area (TPSA) is 121 Å². The number of ether oxygens (including phenoxy) is 3. The molecule has 12 heteroatoms. The number of aryl methyl sites for hydroxylation is 1.